The van der Waals surface area contributed by atoms with Crippen LogP contribution in [0.4, 0.5) is 4.39 Å². The SMILES string of the molecule is CC(C)CC1NCC12C[C@H](N1CCC(c3cc(F)ccc3C3CCOCC3)CC1)CO2. The molecule has 5 heteroatoms. The van der Waals surface area contributed by atoms with Crippen molar-refractivity contribution in [1.82, 2.24) is 10.2 Å². The summed E-state index contributed by atoms with van der Waals surface area (Å²) in [5.74, 6) is 1.60. The summed E-state index contributed by atoms with van der Waals surface area (Å²) in [7, 11) is 0. The molecule has 2 unspecified atom stereocenters. The van der Waals surface area contributed by atoms with E-state index in [1.54, 1.807) is 6.07 Å². The zero-order valence-electron chi connectivity index (χ0n) is 19.2. The van der Waals surface area contributed by atoms with Crippen LogP contribution in [0.15, 0.2) is 18.2 Å². The van der Waals surface area contributed by atoms with E-state index >= 15 is 0 Å². The van der Waals surface area contributed by atoms with Crippen molar-refractivity contribution in [3.05, 3.63) is 35.1 Å². The second kappa shape index (κ2) is 9.09. The van der Waals surface area contributed by atoms with Gasteiger partial charge in [-0.2, -0.15) is 0 Å². The molecule has 4 fully saturated rings. The number of likely N-dealkylation sites (tertiary alicyclic amines) is 1. The van der Waals surface area contributed by atoms with Crippen LogP contribution in [0.3, 0.4) is 0 Å². The average Bonchev–Trinajstić information content (AvgIpc) is 3.26. The van der Waals surface area contributed by atoms with Gasteiger partial charge < -0.3 is 14.8 Å². The van der Waals surface area contributed by atoms with Crippen molar-refractivity contribution in [3.63, 3.8) is 0 Å². The van der Waals surface area contributed by atoms with Crippen molar-refractivity contribution in [1.29, 1.82) is 0 Å². The van der Waals surface area contributed by atoms with E-state index < -0.39 is 0 Å². The molecule has 4 saturated heterocycles. The zero-order valence-corrected chi connectivity index (χ0v) is 19.2. The van der Waals surface area contributed by atoms with E-state index in [2.05, 4.69) is 30.1 Å². The zero-order chi connectivity index (χ0) is 21.4. The van der Waals surface area contributed by atoms with Gasteiger partial charge in [0.2, 0.25) is 0 Å². The Morgan fingerprint density at radius 3 is 2.52 bits per heavy atom. The van der Waals surface area contributed by atoms with Crippen LogP contribution in [0.5, 0.6) is 0 Å². The Morgan fingerprint density at radius 2 is 1.84 bits per heavy atom. The number of nitrogens with zero attached hydrogens (tertiary/aromatic N) is 1. The maximum absolute atomic E-state index is 14.2. The molecule has 172 valence electrons. The maximum Gasteiger partial charge on any atom is 0.123 e. The van der Waals surface area contributed by atoms with Gasteiger partial charge in [0, 0.05) is 31.8 Å². The van der Waals surface area contributed by atoms with Gasteiger partial charge in [0.25, 0.3) is 0 Å². The Kier molecular flexibility index (Phi) is 6.40. The molecule has 4 nitrogen and oxygen atoms in total. The van der Waals surface area contributed by atoms with Crippen LogP contribution < -0.4 is 5.32 Å². The highest BCUT2D eigenvalue weighted by Crippen LogP contribution is 2.42. The Morgan fingerprint density at radius 1 is 1.10 bits per heavy atom. The molecule has 0 amide bonds. The summed E-state index contributed by atoms with van der Waals surface area (Å²) in [6.45, 7) is 10.3. The highest BCUT2D eigenvalue weighted by Gasteiger charge is 2.53. The quantitative estimate of drug-likeness (QED) is 0.749. The lowest BCUT2D eigenvalue weighted by atomic mass is 9.77. The van der Waals surface area contributed by atoms with Gasteiger partial charge in [-0.25, -0.2) is 4.39 Å². The van der Waals surface area contributed by atoms with Crippen molar-refractivity contribution in [2.75, 3.05) is 39.5 Å². The third-order valence-electron chi connectivity index (χ3n) is 8.33. The molecule has 0 saturated carbocycles. The predicted molar refractivity (Wildman–Crippen MR) is 121 cm³/mol. The molecule has 0 aromatic heterocycles. The number of piperidine rings is 1. The minimum atomic E-state index is -0.0898. The normalized spacial score (nSPS) is 33.3. The Balaban J connectivity index is 1.21. The lowest BCUT2D eigenvalue weighted by molar-refractivity contribution is -0.0826. The largest absolute Gasteiger partial charge is 0.381 e. The number of benzene rings is 1. The van der Waals surface area contributed by atoms with Crippen molar-refractivity contribution < 1.29 is 13.9 Å². The Labute approximate surface area is 186 Å². The summed E-state index contributed by atoms with van der Waals surface area (Å²) in [5.41, 5.74) is 2.72. The van der Waals surface area contributed by atoms with Crippen LogP contribution in [0.1, 0.15) is 75.3 Å². The first-order valence-electron chi connectivity index (χ1n) is 12.5. The molecule has 31 heavy (non-hydrogen) atoms. The fourth-order valence-corrected chi connectivity index (χ4v) is 6.48. The summed E-state index contributed by atoms with van der Waals surface area (Å²) in [6, 6.07) is 6.60. The summed E-state index contributed by atoms with van der Waals surface area (Å²) in [6.07, 6.45) is 6.72. The summed E-state index contributed by atoms with van der Waals surface area (Å²) < 4.78 is 26.2. The topological polar surface area (TPSA) is 33.7 Å². The Bertz CT molecular complexity index is 758. The summed E-state index contributed by atoms with van der Waals surface area (Å²) in [4.78, 5) is 2.66. The van der Waals surface area contributed by atoms with Gasteiger partial charge in [-0.3, -0.25) is 4.90 Å². The van der Waals surface area contributed by atoms with Crippen LogP contribution in [0.25, 0.3) is 0 Å². The second-order valence-corrected chi connectivity index (χ2v) is 10.8. The molecular formula is C26H39FN2O2. The molecule has 5 rings (SSSR count). The van der Waals surface area contributed by atoms with Crippen LogP contribution in [-0.2, 0) is 9.47 Å². The Hall–Kier alpha value is -1.01. The lowest BCUT2D eigenvalue weighted by Crippen LogP contribution is -2.68. The monoisotopic (exact) mass is 430 g/mol. The highest BCUT2D eigenvalue weighted by atomic mass is 19.1. The molecule has 4 aliphatic heterocycles. The molecule has 1 N–H and O–H groups in total. The van der Waals surface area contributed by atoms with Gasteiger partial charge in [0.15, 0.2) is 0 Å². The molecule has 0 aliphatic carbocycles. The smallest absolute Gasteiger partial charge is 0.123 e. The molecule has 1 aromatic carbocycles. The van der Waals surface area contributed by atoms with Crippen LogP contribution in [0, 0.1) is 11.7 Å². The van der Waals surface area contributed by atoms with Gasteiger partial charge in [-0.15, -0.1) is 0 Å². The van der Waals surface area contributed by atoms with Gasteiger partial charge in [0.1, 0.15) is 5.82 Å². The molecule has 0 bridgehead atoms. The first-order chi connectivity index (χ1) is 15.0. The first kappa shape index (κ1) is 21.8. The number of ether oxygens (including phenoxy) is 2. The summed E-state index contributed by atoms with van der Waals surface area (Å²) in [5, 5.41) is 3.62. The van der Waals surface area contributed by atoms with Crippen LogP contribution in [-0.4, -0.2) is 62.0 Å². The number of hydrogen-bond donors (Lipinski definition) is 1. The molecule has 3 atom stereocenters. The number of hydrogen-bond acceptors (Lipinski definition) is 4. The fraction of sp³-hybridized carbons (Fsp3) is 0.769. The van der Waals surface area contributed by atoms with Crippen LogP contribution >= 0.6 is 0 Å². The van der Waals surface area contributed by atoms with Gasteiger partial charge in [0.05, 0.1) is 12.2 Å². The van der Waals surface area contributed by atoms with E-state index in [1.165, 1.54) is 17.5 Å². The number of halogens is 1. The van der Waals surface area contributed by atoms with Gasteiger partial charge in [-0.05, 0) is 92.6 Å². The minimum Gasteiger partial charge on any atom is -0.381 e. The third-order valence-corrected chi connectivity index (χ3v) is 8.33. The van der Waals surface area contributed by atoms with Crippen LogP contribution in [0.2, 0.25) is 0 Å². The van der Waals surface area contributed by atoms with E-state index in [0.717, 1.165) is 71.6 Å². The number of rotatable bonds is 5. The molecule has 4 heterocycles. The minimum absolute atomic E-state index is 0.0740. The van der Waals surface area contributed by atoms with Crippen molar-refractivity contribution >= 4 is 0 Å². The first-order valence-corrected chi connectivity index (χ1v) is 12.5. The molecular weight excluding hydrogens is 391 g/mol. The van der Waals surface area contributed by atoms with Gasteiger partial charge >= 0.3 is 0 Å². The van der Waals surface area contributed by atoms with Crippen molar-refractivity contribution in [2.24, 2.45) is 5.92 Å². The lowest BCUT2D eigenvalue weighted by Gasteiger charge is -2.48. The highest BCUT2D eigenvalue weighted by molar-refractivity contribution is 5.35. The number of nitrogens with one attached hydrogen (secondary N) is 1. The molecule has 0 radical (unpaired) electrons. The molecule has 1 aromatic rings. The van der Waals surface area contributed by atoms with E-state index in [0.29, 0.717) is 29.8 Å². The third kappa shape index (κ3) is 4.44. The summed E-state index contributed by atoms with van der Waals surface area (Å²) >= 11 is 0. The van der Waals surface area contributed by atoms with Crippen molar-refractivity contribution in [2.45, 2.75) is 81.9 Å². The average molecular weight is 431 g/mol. The van der Waals surface area contributed by atoms with Gasteiger partial charge in [-0.1, -0.05) is 19.9 Å². The van der Waals surface area contributed by atoms with E-state index in [4.69, 9.17) is 9.47 Å². The molecule has 4 aliphatic rings. The predicted octanol–water partition coefficient (Wildman–Crippen LogP) is 4.44. The standard InChI is InChI=1S/C26H39FN2O2/c1-18(2)13-25-26(17-28-25)15-22(16-31-26)29-9-5-19(6-10-29)24-14-21(27)3-4-23(24)20-7-11-30-12-8-20/h3-4,14,18-20,22,25,28H,5-13,15-17H2,1-2H3/t22-,25?,26?/m0/s1. The van der Waals surface area contributed by atoms with E-state index in [1.807, 2.05) is 6.07 Å². The maximum atomic E-state index is 14.2. The van der Waals surface area contributed by atoms with E-state index in [-0.39, 0.29) is 11.4 Å². The molecule has 1 spiro atoms. The second-order valence-electron chi connectivity index (χ2n) is 10.8. The van der Waals surface area contributed by atoms with Crippen molar-refractivity contribution in [3.8, 4) is 0 Å². The fourth-order valence-electron chi connectivity index (χ4n) is 6.48. The van der Waals surface area contributed by atoms with E-state index in [9.17, 15) is 4.39 Å².